The number of carbonyl (C=O) groups excluding carboxylic acids is 1. The normalized spacial score (nSPS) is 18.7. The Morgan fingerprint density at radius 2 is 2.42 bits per heavy atom. The van der Waals surface area contributed by atoms with Crippen molar-refractivity contribution in [1.82, 2.24) is 25.2 Å². The topological polar surface area (TPSA) is 80.5 Å². The van der Waals surface area contributed by atoms with Crippen molar-refractivity contribution in [2.45, 2.75) is 25.3 Å². The number of hydrogen-bond donors (Lipinski definition) is 2. The quantitative estimate of drug-likeness (QED) is 0.692. The number of thioether (sulfide) groups is 1. The summed E-state index contributed by atoms with van der Waals surface area (Å²) in [6.45, 7) is 2.77. The second-order valence-electron chi connectivity index (χ2n) is 6.62. The molecule has 1 aliphatic heterocycles. The Kier molecular flexibility index (Phi) is 7.28. The van der Waals surface area contributed by atoms with E-state index in [1.807, 2.05) is 28.8 Å². The molecule has 0 aliphatic carbocycles. The van der Waals surface area contributed by atoms with E-state index in [4.69, 9.17) is 4.74 Å². The van der Waals surface area contributed by atoms with Crippen molar-refractivity contribution in [2.24, 2.45) is 5.92 Å². The molecule has 1 aliphatic rings. The van der Waals surface area contributed by atoms with Gasteiger partial charge in [0.15, 0.2) is 11.5 Å². The van der Waals surface area contributed by atoms with Crippen LogP contribution < -0.4 is 10.6 Å². The number of carbonyl (C=O) groups is 1. The standard InChI is InChI=1S/C18H27N5O2S/c1-26-10-7-15(18-22-21-16-6-2-3-9-23(16)18)20-17(24)13-25-12-14-5-4-8-19-11-14/h2-3,6,9,14-15,19H,4-5,7-8,10-13H2,1H3,(H,20,24)/t14-,15-/m0/s1. The number of fused-ring (bicyclic) bond motifs is 1. The fraction of sp³-hybridized carbons (Fsp3) is 0.611. The van der Waals surface area contributed by atoms with E-state index in [0.717, 1.165) is 43.2 Å². The maximum absolute atomic E-state index is 12.4. The minimum absolute atomic E-state index is 0.0863. The van der Waals surface area contributed by atoms with Crippen molar-refractivity contribution < 1.29 is 9.53 Å². The van der Waals surface area contributed by atoms with Crippen LogP contribution in [-0.4, -0.2) is 58.8 Å². The van der Waals surface area contributed by atoms with Gasteiger partial charge in [-0.3, -0.25) is 9.20 Å². The number of rotatable bonds is 9. The molecule has 2 atom stereocenters. The molecule has 3 rings (SSSR count). The van der Waals surface area contributed by atoms with Crippen molar-refractivity contribution in [2.75, 3.05) is 38.3 Å². The molecule has 1 saturated heterocycles. The van der Waals surface area contributed by atoms with Gasteiger partial charge in [0.2, 0.25) is 5.91 Å². The molecule has 2 N–H and O–H groups in total. The molecular formula is C18H27N5O2S. The first-order valence-electron chi connectivity index (χ1n) is 9.14. The van der Waals surface area contributed by atoms with Crippen molar-refractivity contribution >= 4 is 23.3 Å². The Morgan fingerprint density at radius 1 is 1.50 bits per heavy atom. The van der Waals surface area contributed by atoms with Crippen LogP contribution in [0.2, 0.25) is 0 Å². The van der Waals surface area contributed by atoms with Crippen LogP contribution in [0.1, 0.15) is 31.1 Å². The van der Waals surface area contributed by atoms with Crippen molar-refractivity contribution in [3.05, 3.63) is 30.2 Å². The predicted molar refractivity (Wildman–Crippen MR) is 103 cm³/mol. The minimum atomic E-state index is -0.174. The van der Waals surface area contributed by atoms with Crippen LogP contribution in [0.15, 0.2) is 24.4 Å². The summed E-state index contributed by atoms with van der Waals surface area (Å²) in [6.07, 6.45) is 7.13. The lowest BCUT2D eigenvalue weighted by Crippen LogP contribution is -2.35. The number of pyridine rings is 1. The van der Waals surface area contributed by atoms with Crippen LogP contribution in [0.3, 0.4) is 0 Å². The molecule has 0 bridgehead atoms. The zero-order valence-electron chi connectivity index (χ0n) is 15.2. The number of hydrogen-bond acceptors (Lipinski definition) is 6. The monoisotopic (exact) mass is 377 g/mol. The number of amides is 1. The van der Waals surface area contributed by atoms with Gasteiger partial charge in [-0.05, 0) is 55.9 Å². The summed E-state index contributed by atoms with van der Waals surface area (Å²) < 4.78 is 7.58. The van der Waals surface area contributed by atoms with E-state index in [1.54, 1.807) is 11.8 Å². The summed E-state index contributed by atoms with van der Waals surface area (Å²) in [5, 5.41) is 14.9. The average molecular weight is 378 g/mol. The van der Waals surface area contributed by atoms with Crippen LogP contribution in [-0.2, 0) is 9.53 Å². The average Bonchev–Trinajstić information content (AvgIpc) is 3.10. The van der Waals surface area contributed by atoms with Crippen molar-refractivity contribution in [1.29, 1.82) is 0 Å². The van der Waals surface area contributed by atoms with E-state index >= 15 is 0 Å². The molecular weight excluding hydrogens is 350 g/mol. The van der Waals surface area contributed by atoms with Gasteiger partial charge >= 0.3 is 0 Å². The summed E-state index contributed by atoms with van der Waals surface area (Å²) >= 11 is 1.75. The Morgan fingerprint density at radius 3 is 3.23 bits per heavy atom. The van der Waals surface area contributed by atoms with E-state index in [1.165, 1.54) is 6.42 Å². The van der Waals surface area contributed by atoms with Gasteiger partial charge in [0, 0.05) is 12.7 Å². The molecule has 0 radical (unpaired) electrons. The van der Waals surface area contributed by atoms with Crippen LogP contribution in [0.5, 0.6) is 0 Å². The van der Waals surface area contributed by atoms with Gasteiger partial charge in [0.25, 0.3) is 0 Å². The number of piperidine rings is 1. The lowest BCUT2D eigenvalue weighted by molar-refractivity contribution is -0.127. The highest BCUT2D eigenvalue weighted by molar-refractivity contribution is 7.98. The predicted octanol–water partition coefficient (Wildman–Crippen LogP) is 1.66. The summed E-state index contributed by atoms with van der Waals surface area (Å²) in [7, 11) is 0. The van der Waals surface area contributed by atoms with Crippen molar-refractivity contribution in [3.63, 3.8) is 0 Å². The van der Waals surface area contributed by atoms with E-state index in [2.05, 4.69) is 27.1 Å². The first kappa shape index (κ1) is 19.1. The molecule has 0 saturated carbocycles. The summed E-state index contributed by atoms with van der Waals surface area (Å²) in [5.41, 5.74) is 0.784. The van der Waals surface area contributed by atoms with Crippen LogP contribution in [0.25, 0.3) is 5.65 Å². The van der Waals surface area contributed by atoms with Gasteiger partial charge < -0.3 is 15.4 Å². The zero-order chi connectivity index (χ0) is 18.2. The van der Waals surface area contributed by atoms with Gasteiger partial charge in [-0.2, -0.15) is 11.8 Å². The van der Waals surface area contributed by atoms with E-state index < -0.39 is 0 Å². The van der Waals surface area contributed by atoms with Crippen molar-refractivity contribution in [3.8, 4) is 0 Å². The Labute approximate surface area is 158 Å². The Balaban J connectivity index is 1.56. The van der Waals surface area contributed by atoms with E-state index in [9.17, 15) is 4.79 Å². The lowest BCUT2D eigenvalue weighted by atomic mass is 10.0. The number of nitrogens with one attached hydrogen (secondary N) is 2. The molecule has 0 unspecified atom stereocenters. The molecule has 26 heavy (non-hydrogen) atoms. The molecule has 2 aromatic rings. The second kappa shape index (κ2) is 9.89. The van der Waals surface area contributed by atoms with E-state index in [0.29, 0.717) is 12.5 Å². The van der Waals surface area contributed by atoms with Crippen LogP contribution >= 0.6 is 11.8 Å². The largest absolute Gasteiger partial charge is 0.371 e. The van der Waals surface area contributed by atoms with E-state index in [-0.39, 0.29) is 18.6 Å². The number of ether oxygens (including phenoxy) is 1. The molecule has 0 aromatic carbocycles. The van der Waals surface area contributed by atoms with Gasteiger partial charge in [0.1, 0.15) is 6.61 Å². The molecule has 1 amide bonds. The van der Waals surface area contributed by atoms with Crippen LogP contribution in [0.4, 0.5) is 0 Å². The molecule has 0 spiro atoms. The van der Waals surface area contributed by atoms with Crippen LogP contribution in [0, 0.1) is 5.92 Å². The summed E-state index contributed by atoms with van der Waals surface area (Å²) in [6, 6.07) is 5.60. The van der Waals surface area contributed by atoms with Gasteiger partial charge in [-0.15, -0.1) is 10.2 Å². The third-order valence-electron chi connectivity index (χ3n) is 4.58. The summed E-state index contributed by atoms with van der Waals surface area (Å²) in [5.74, 6) is 2.10. The molecule has 3 heterocycles. The molecule has 1 fully saturated rings. The maximum atomic E-state index is 12.4. The number of aromatic nitrogens is 3. The highest BCUT2D eigenvalue weighted by Crippen LogP contribution is 2.18. The first-order valence-corrected chi connectivity index (χ1v) is 10.5. The number of nitrogens with zero attached hydrogens (tertiary/aromatic N) is 3. The maximum Gasteiger partial charge on any atom is 0.246 e. The fourth-order valence-corrected chi connectivity index (χ4v) is 3.69. The first-order chi connectivity index (χ1) is 12.8. The van der Waals surface area contributed by atoms with Gasteiger partial charge in [-0.1, -0.05) is 6.07 Å². The fourth-order valence-electron chi connectivity index (χ4n) is 3.22. The van der Waals surface area contributed by atoms with Gasteiger partial charge in [-0.25, -0.2) is 0 Å². The SMILES string of the molecule is CSCC[C@H](NC(=O)COC[C@H]1CCCNC1)c1nnc2ccccn12. The second-order valence-corrected chi connectivity index (χ2v) is 7.60. The molecule has 8 heteroatoms. The Hall–Kier alpha value is -1.64. The van der Waals surface area contributed by atoms with Gasteiger partial charge in [0.05, 0.1) is 12.6 Å². The molecule has 142 valence electrons. The Bertz CT molecular complexity index is 702. The highest BCUT2D eigenvalue weighted by Gasteiger charge is 2.20. The summed E-state index contributed by atoms with van der Waals surface area (Å²) in [4.78, 5) is 12.4. The minimum Gasteiger partial charge on any atom is -0.371 e. The third-order valence-corrected chi connectivity index (χ3v) is 5.23. The zero-order valence-corrected chi connectivity index (χ0v) is 16.0. The molecule has 2 aromatic heterocycles. The highest BCUT2D eigenvalue weighted by atomic mass is 32.2. The smallest absolute Gasteiger partial charge is 0.246 e. The molecule has 7 nitrogen and oxygen atoms in total. The lowest BCUT2D eigenvalue weighted by Gasteiger charge is -2.22. The third kappa shape index (κ3) is 5.18.